The van der Waals surface area contributed by atoms with E-state index in [2.05, 4.69) is 21.2 Å². The molecule has 3 nitrogen and oxygen atoms in total. The minimum atomic E-state index is -0.201. The summed E-state index contributed by atoms with van der Waals surface area (Å²) in [5, 5.41) is 3.26. The van der Waals surface area contributed by atoms with Crippen LogP contribution in [0.2, 0.25) is 0 Å². The Hall–Kier alpha value is -1.59. The Labute approximate surface area is 138 Å². The SMILES string of the molecule is COc1ccc(CCNCc2c(F)cccc2Br)cc1OC. The zero-order valence-electron chi connectivity index (χ0n) is 12.7. The molecule has 0 aromatic heterocycles. The normalized spacial score (nSPS) is 10.5. The molecule has 0 radical (unpaired) electrons. The van der Waals surface area contributed by atoms with Crippen LogP contribution in [0.5, 0.6) is 11.5 Å². The smallest absolute Gasteiger partial charge is 0.160 e. The number of ether oxygens (including phenoxy) is 2. The number of nitrogens with one attached hydrogen (secondary N) is 1. The molecule has 0 aliphatic carbocycles. The summed E-state index contributed by atoms with van der Waals surface area (Å²) in [4.78, 5) is 0. The average molecular weight is 368 g/mol. The van der Waals surface area contributed by atoms with Gasteiger partial charge in [0.1, 0.15) is 5.82 Å². The summed E-state index contributed by atoms with van der Waals surface area (Å²) in [6.07, 6.45) is 0.826. The van der Waals surface area contributed by atoms with Crippen LogP contribution in [0.15, 0.2) is 40.9 Å². The molecule has 22 heavy (non-hydrogen) atoms. The summed E-state index contributed by atoms with van der Waals surface area (Å²) in [5.41, 5.74) is 1.78. The Kier molecular flexibility index (Phi) is 6.21. The van der Waals surface area contributed by atoms with Crippen LogP contribution in [-0.2, 0) is 13.0 Å². The molecular formula is C17H19BrFNO2. The van der Waals surface area contributed by atoms with E-state index in [1.807, 2.05) is 24.3 Å². The molecule has 0 unspecified atom stereocenters. The fourth-order valence-electron chi connectivity index (χ4n) is 2.18. The van der Waals surface area contributed by atoms with Gasteiger partial charge in [-0.25, -0.2) is 4.39 Å². The molecule has 0 aliphatic heterocycles. The number of benzene rings is 2. The van der Waals surface area contributed by atoms with Crippen LogP contribution in [0.1, 0.15) is 11.1 Å². The lowest BCUT2D eigenvalue weighted by atomic mass is 10.1. The Bertz CT molecular complexity index is 614. The predicted molar refractivity (Wildman–Crippen MR) is 89.1 cm³/mol. The highest BCUT2D eigenvalue weighted by atomic mass is 79.9. The zero-order valence-corrected chi connectivity index (χ0v) is 14.2. The minimum Gasteiger partial charge on any atom is -0.493 e. The van der Waals surface area contributed by atoms with Crippen LogP contribution in [0.4, 0.5) is 4.39 Å². The fourth-order valence-corrected chi connectivity index (χ4v) is 2.67. The number of hydrogen-bond acceptors (Lipinski definition) is 3. The minimum absolute atomic E-state index is 0.201. The summed E-state index contributed by atoms with van der Waals surface area (Å²) in [7, 11) is 3.24. The summed E-state index contributed by atoms with van der Waals surface area (Å²) in [6, 6.07) is 10.8. The van der Waals surface area contributed by atoms with Gasteiger partial charge in [0, 0.05) is 16.6 Å². The molecule has 2 aromatic rings. The highest BCUT2D eigenvalue weighted by Gasteiger charge is 2.07. The molecule has 0 bridgehead atoms. The van der Waals surface area contributed by atoms with Gasteiger partial charge in [-0.05, 0) is 42.8 Å². The topological polar surface area (TPSA) is 30.5 Å². The number of halogens is 2. The lowest BCUT2D eigenvalue weighted by molar-refractivity contribution is 0.354. The molecular weight excluding hydrogens is 349 g/mol. The quantitative estimate of drug-likeness (QED) is 0.751. The Morgan fingerprint density at radius 2 is 1.86 bits per heavy atom. The van der Waals surface area contributed by atoms with E-state index in [1.54, 1.807) is 20.3 Å². The van der Waals surface area contributed by atoms with E-state index in [1.165, 1.54) is 6.07 Å². The first-order valence-corrected chi connectivity index (χ1v) is 7.79. The van der Waals surface area contributed by atoms with E-state index < -0.39 is 0 Å². The number of rotatable bonds is 7. The maximum atomic E-state index is 13.7. The van der Waals surface area contributed by atoms with E-state index in [4.69, 9.17) is 9.47 Å². The molecule has 2 rings (SSSR count). The van der Waals surface area contributed by atoms with Crippen LogP contribution >= 0.6 is 15.9 Å². The van der Waals surface area contributed by atoms with Crippen LogP contribution in [-0.4, -0.2) is 20.8 Å². The fraction of sp³-hybridized carbons (Fsp3) is 0.294. The van der Waals surface area contributed by atoms with Crippen LogP contribution < -0.4 is 14.8 Å². The first-order chi connectivity index (χ1) is 10.7. The molecule has 0 saturated heterocycles. The molecule has 0 fully saturated rings. The van der Waals surface area contributed by atoms with Crippen molar-refractivity contribution in [2.75, 3.05) is 20.8 Å². The lowest BCUT2D eigenvalue weighted by Gasteiger charge is -2.11. The molecule has 0 amide bonds. The van der Waals surface area contributed by atoms with Crippen molar-refractivity contribution >= 4 is 15.9 Å². The van der Waals surface area contributed by atoms with Crippen LogP contribution in [0.3, 0.4) is 0 Å². The summed E-state index contributed by atoms with van der Waals surface area (Å²) >= 11 is 3.37. The average Bonchev–Trinajstić information content (AvgIpc) is 2.53. The highest BCUT2D eigenvalue weighted by molar-refractivity contribution is 9.10. The maximum Gasteiger partial charge on any atom is 0.160 e. The third kappa shape index (κ3) is 4.21. The van der Waals surface area contributed by atoms with Crippen molar-refractivity contribution in [3.63, 3.8) is 0 Å². The monoisotopic (exact) mass is 367 g/mol. The van der Waals surface area contributed by atoms with Crippen LogP contribution in [0, 0.1) is 5.82 Å². The molecule has 0 saturated carbocycles. The Morgan fingerprint density at radius 3 is 2.55 bits per heavy atom. The van der Waals surface area contributed by atoms with Crippen molar-refractivity contribution in [3.8, 4) is 11.5 Å². The lowest BCUT2D eigenvalue weighted by Crippen LogP contribution is -2.17. The zero-order chi connectivity index (χ0) is 15.9. The summed E-state index contributed by atoms with van der Waals surface area (Å²) in [5.74, 6) is 1.24. The van der Waals surface area contributed by atoms with Crippen molar-refractivity contribution in [1.82, 2.24) is 5.32 Å². The Balaban J connectivity index is 1.89. The van der Waals surface area contributed by atoms with E-state index in [-0.39, 0.29) is 5.82 Å². The second-order valence-electron chi connectivity index (χ2n) is 4.82. The molecule has 5 heteroatoms. The van der Waals surface area contributed by atoms with Gasteiger partial charge in [0.2, 0.25) is 0 Å². The molecule has 2 aromatic carbocycles. The molecule has 0 spiro atoms. The maximum absolute atomic E-state index is 13.7. The van der Waals surface area contributed by atoms with E-state index in [0.717, 1.165) is 34.5 Å². The van der Waals surface area contributed by atoms with Crippen molar-refractivity contribution in [1.29, 1.82) is 0 Å². The van der Waals surface area contributed by atoms with E-state index in [9.17, 15) is 4.39 Å². The molecule has 1 N–H and O–H groups in total. The van der Waals surface area contributed by atoms with Gasteiger partial charge in [0.25, 0.3) is 0 Å². The van der Waals surface area contributed by atoms with Crippen molar-refractivity contribution in [2.45, 2.75) is 13.0 Å². The van der Waals surface area contributed by atoms with Gasteiger partial charge in [-0.1, -0.05) is 28.1 Å². The van der Waals surface area contributed by atoms with Gasteiger partial charge in [0.15, 0.2) is 11.5 Å². The molecule has 118 valence electrons. The van der Waals surface area contributed by atoms with Gasteiger partial charge < -0.3 is 14.8 Å². The second kappa shape index (κ2) is 8.15. The standard InChI is InChI=1S/C17H19BrFNO2/c1-21-16-7-6-12(10-17(16)22-2)8-9-20-11-13-14(18)4-3-5-15(13)19/h3-7,10,20H,8-9,11H2,1-2H3. The Morgan fingerprint density at radius 1 is 1.09 bits per heavy atom. The van der Waals surface area contributed by atoms with E-state index in [0.29, 0.717) is 12.1 Å². The molecule has 0 atom stereocenters. The van der Waals surface area contributed by atoms with Gasteiger partial charge in [-0.15, -0.1) is 0 Å². The van der Waals surface area contributed by atoms with Gasteiger partial charge in [-0.2, -0.15) is 0 Å². The third-order valence-electron chi connectivity index (χ3n) is 3.40. The van der Waals surface area contributed by atoms with Crippen molar-refractivity contribution in [3.05, 3.63) is 57.8 Å². The summed E-state index contributed by atoms with van der Waals surface area (Å²) < 4.78 is 25.0. The number of hydrogen-bond donors (Lipinski definition) is 1. The highest BCUT2D eigenvalue weighted by Crippen LogP contribution is 2.27. The second-order valence-corrected chi connectivity index (χ2v) is 5.67. The first-order valence-electron chi connectivity index (χ1n) is 7.00. The van der Waals surface area contributed by atoms with Crippen molar-refractivity contribution in [2.24, 2.45) is 0 Å². The summed E-state index contributed by atoms with van der Waals surface area (Å²) in [6.45, 7) is 1.23. The number of methoxy groups -OCH3 is 2. The molecule has 0 aliphatic rings. The van der Waals surface area contributed by atoms with Gasteiger partial charge in [0.05, 0.1) is 14.2 Å². The first kappa shape index (κ1) is 16.8. The van der Waals surface area contributed by atoms with E-state index >= 15 is 0 Å². The van der Waals surface area contributed by atoms with Gasteiger partial charge in [-0.3, -0.25) is 0 Å². The molecule has 0 heterocycles. The van der Waals surface area contributed by atoms with Crippen molar-refractivity contribution < 1.29 is 13.9 Å². The largest absolute Gasteiger partial charge is 0.493 e. The third-order valence-corrected chi connectivity index (χ3v) is 4.14. The predicted octanol–water partition coefficient (Wildman–Crippen LogP) is 3.94. The van der Waals surface area contributed by atoms with Crippen LogP contribution in [0.25, 0.3) is 0 Å². The van der Waals surface area contributed by atoms with Gasteiger partial charge >= 0.3 is 0 Å².